The molecular weight excluding hydrogens is 440 g/mol. The lowest BCUT2D eigenvalue weighted by Gasteiger charge is -2.11. The second-order valence-electron chi connectivity index (χ2n) is 7.53. The normalized spacial score (nSPS) is 15.0. The van der Waals surface area contributed by atoms with Crippen LogP contribution in [0.3, 0.4) is 0 Å². The van der Waals surface area contributed by atoms with Gasteiger partial charge in [-0.2, -0.15) is 5.10 Å². The Morgan fingerprint density at radius 3 is 2.44 bits per heavy atom. The molecule has 3 rings (SSSR count). The molecule has 0 bridgehead atoms. The van der Waals surface area contributed by atoms with Crippen molar-refractivity contribution >= 4 is 23.9 Å². The molecule has 10 heteroatoms. The van der Waals surface area contributed by atoms with E-state index in [-0.39, 0.29) is 25.2 Å². The molecule has 10 nitrogen and oxygen atoms in total. The van der Waals surface area contributed by atoms with Gasteiger partial charge in [0.1, 0.15) is 11.5 Å². The van der Waals surface area contributed by atoms with Gasteiger partial charge in [-0.05, 0) is 60.4 Å². The molecule has 0 spiro atoms. The molecule has 1 atom stereocenters. The van der Waals surface area contributed by atoms with Crippen LogP contribution in [0.1, 0.15) is 24.0 Å². The first-order chi connectivity index (χ1) is 16.5. The molecule has 0 unspecified atom stereocenters. The molecule has 1 saturated heterocycles. The van der Waals surface area contributed by atoms with Crippen LogP contribution in [0.5, 0.6) is 11.5 Å². The number of benzene rings is 2. The standard InChI is InChI=1S/C24H28N4O6/c1-32-19-8-4-17(5-9-19)13-26-23(30)24(31)28-27-14-18-6-10-20(11-7-18)34-16-22(29)25-15-21-3-2-12-33-21/h4-11,14,21H,2-3,12-13,15-16H2,1H3,(H,25,29)(H,26,30)(H,28,31)/b27-14-/t21-/m1/s1. The van der Waals surface area contributed by atoms with Gasteiger partial charge in [-0.1, -0.05) is 12.1 Å². The largest absolute Gasteiger partial charge is 0.497 e. The lowest BCUT2D eigenvalue weighted by Crippen LogP contribution is -2.37. The minimum atomic E-state index is -0.876. The Labute approximate surface area is 197 Å². The summed E-state index contributed by atoms with van der Waals surface area (Å²) in [5, 5.41) is 9.09. The summed E-state index contributed by atoms with van der Waals surface area (Å²) in [5.41, 5.74) is 3.68. The van der Waals surface area contributed by atoms with Gasteiger partial charge in [-0.15, -0.1) is 0 Å². The molecule has 3 N–H and O–H groups in total. The van der Waals surface area contributed by atoms with Crippen LogP contribution < -0.4 is 25.5 Å². The van der Waals surface area contributed by atoms with E-state index in [1.807, 2.05) is 0 Å². The van der Waals surface area contributed by atoms with Crippen LogP contribution in [0.2, 0.25) is 0 Å². The molecule has 2 aromatic rings. The predicted molar refractivity (Wildman–Crippen MR) is 124 cm³/mol. The lowest BCUT2D eigenvalue weighted by molar-refractivity contribution is -0.139. The fraction of sp³-hybridized carbons (Fsp3) is 0.333. The van der Waals surface area contributed by atoms with Crippen LogP contribution in [-0.2, 0) is 25.7 Å². The summed E-state index contributed by atoms with van der Waals surface area (Å²) in [7, 11) is 1.57. The third-order valence-corrected chi connectivity index (χ3v) is 5.00. The van der Waals surface area contributed by atoms with Crippen molar-refractivity contribution in [2.75, 3.05) is 26.9 Å². The Hall–Kier alpha value is -3.92. The van der Waals surface area contributed by atoms with Crippen LogP contribution in [0.4, 0.5) is 0 Å². The molecule has 0 aliphatic carbocycles. The topological polar surface area (TPSA) is 127 Å². The maximum Gasteiger partial charge on any atom is 0.329 e. The lowest BCUT2D eigenvalue weighted by atomic mass is 10.2. The van der Waals surface area contributed by atoms with Gasteiger partial charge in [0, 0.05) is 19.7 Å². The average Bonchev–Trinajstić information content (AvgIpc) is 3.39. The van der Waals surface area contributed by atoms with E-state index in [9.17, 15) is 14.4 Å². The molecule has 0 aromatic heterocycles. The molecule has 2 aromatic carbocycles. The van der Waals surface area contributed by atoms with E-state index in [0.717, 1.165) is 25.0 Å². The van der Waals surface area contributed by atoms with E-state index in [4.69, 9.17) is 14.2 Å². The number of methoxy groups -OCH3 is 1. The van der Waals surface area contributed by atoms with Crippen molar-refractivity contribution < 1.29 is 28.6 Å². The Balaban J connectivity index is 1.34. The SMILES string of the molecule is COc1ccc(CNC(=O)C(=O)N/N=C\c2ccc(OCC(=O)NC[C@H]3CCCO3)cc2)cc1. The van der Waals surface area contributed by atoms with Crippen molar-refractivity contribution in [3.05, 3.63) is 59.7 Å². The van der Waals surface area contributed by atoms with Crippen LogP contribution in [0.15, 0.2) is 53.6 Å². The van der Waals surface area contributed by atoms with E-state index in [2.05, 4.69) is 21.2 Å². The first-order valence-corrected chi connectivity index (χ1v) is 10.9. The van der Waals surface area contributed by atoms with Gasteiger partial charge in [0.15, 0.2) is 6.61 Å². The van der Waals surface area contributed by atoms with E-state index < -0.39 is 11.8 Å². The van der Waals surface area contributed by atoms with Gasteiger partial charge >= 0.3 is 11.8 Å². The fourth-order valence-corrected chi connectivity index (χ4v) is 3.11. The summed E-state index contributed by atoms with van der Waals surface area (Å²) in [6, 6.07) is 13.9. The van der Waals surface area contributed by atoms with Crippen LogP contribution in [0, 0.1) is 0 Å². The Kier molecular flexibility index (Phi) is 9.41. The maximum atomic E-state index is 11.9. The molecule has 1 aliphatic heterocycles. The zero-order valence-electron chi connectivity index (χ0n) is 18.9. The smallest absolute Gasteiger partial charge is 0.329 e. The number of carbonyl (C=O) groups excluding carboxylic acids is 3. The molecule has 1 heterocycles. The van der Waals surface area contributed by atoms with E-state index >= 15 is 0 Å². The monoisotopic (exact) mass is 468 g/mol. The molecule has 180 valence electrons. The molecule has 1 fully saturated rings. The van der Waals surface area contributed by atoms with E-state index in [0.29, 0.717) is 23.6 Å². The highest BCUT2D eigenvalue weighted by molar-refractivity contribution is 6.35. The van der Waals surface area contributed by atoms with E-state index in [1.54, 1.807) is 55.6 Å². The number of amides is 3. The summed E-state index contributed by atoms with van der Waals surface area (Å²) < 4.78 is 16.0. The fourth-order valence-electron chi connectivity index (χ4n) is 3.11. The minimum absolute atomic E-state index is 0.0857. The maximum absolute atomic E-state index is 11.9. The molecule has 0 radical (unpaired) electrons. The number of hydrogen-bond donors (Lipinski definition) is 3. The van der Waals surface area contributed by atoms with Gasteiger partial charge in [0.2, 0.25) is 0 Å². The first kappa shape index (κ1) is 24.7. The number of ether oxygens (including phenoxy) is 3. The van der Waals surface area contributed by atoms with Gasteiger partial charge in [0.05, 0.1) is 19.4 Å². The van der Waals surface area contributed by atoms with Gasteiger partial charge in [0.25, 0.3) is 5.91 Å². The second kappa shape index (κ2) is 12.9. The zero-order chi connectivity index (χ0) is 24.2. The number of carbonyl (C=O) groups is 3. The van der Waals surface area contributed by atoms with Crippen molar-refractivity contribution in [2.45, 2.75) is 25.5 Å². The number of hydrogen-bond acceptors (Lipinski definition) is 7. The highest BCUT2D eigenvalue weighted by atomic mass is 16.5. The summed E-state index contributed by atoms with van der Waals surface area (Å²) in [4.78, 5) is 35.6. The molecule has 3 amide bonds. The highest BCUT2D eigenvalue weighted by Gasteiger charge is 2.16. The number of nitrogens with zero attached hydrogens (tertiary/aromatic N) is 1. The van der Waals surface area contributed by atoms with E-state index in [1.165, 1.54) is 6.21 Å². The first-order valence-electron chi connectivity index (χ1n) is 10.9. The van der Waals surface area contributed by atoms with Crippen LogP contribution in [0.25, 0.3) is 0 Å². The van der Waals surface area contributed by atoms with Crippen molar-refractivity contribution in [2.24, 2.45) is 5.10 Å². The third-order valence-electron chi connectivity index (χ3n) is 5.00. The van der Waals surface area contributed by atoms with Gasteiger partial charge in [-0.25, -0.2) is 5.43 Å². The molecule has 0 saturated carbocycles. The van der Waals surface area contributed by atoms with Crippen molar-refractivity contribution in [1.29, 1.82) is 0 Å². The molecular formula is C24H28N4O6. The molecule has 1 aliphatic rings. The summed E-state index contributed by atoms with van der Waals surface area (Å²) in [5.74, 6) is -0.661. The van der Waals surface area contributed by atoms with Gasteiger partial charge in [-0.3, -0.25) is 14.4 Å². The number of nitrogens with one attached hydrogen (secondary N) is 3. The van der Waals surface area contributed by atoms with Gasteiger partial charge < -0.3 is 24.8 Å². The Morgan fingerprint density at radius 2 is 1.76 bits per heavy atom. The van der Waals surface area contributed by atoms with Crippen molar-refractivity contribution in [3.63, 3.8) is 0 Å². The van der Waals surface area contributed by atoms with Crippen molar-refractivity contribution in [3.8, 4) is 11.5 Å². The second-order valence-corrected chi connectivity index (χ2v) is 7.53. The minimum Gasteiger partial charge on any atom is -0.497 e. The predicted octanol–water partition coefficient (Wildman–Crippen LogP) is 1.14. The average molecular weight is 469 g/mol. The Bertz CT molecular complexity index is 986. The van der Waals surface area contributed by atoms with Crippen molar-refractivity contribution in [1.82, 2.24) is 16.1 Å². The number of rotatable bonds is 10. The Morgan fingerprint density at radius 1 is 1.03 bits per heavy atom. The van der Waals surface area contributed by atoms with Crippen LogP contribution >= 0.6 is 0 Å². The highest BCUT2D eigenvalue weighted by Crippen LogP contribution is 2.12. The molecule has 34 heavy (non-hydrogen) atoms. The summed E-state index contributed by atoms with van der Waals surface area (Å²) in [6.07, 6.45) is 3.46. The number of hydrazone groups is 1. The third kappa shape index (κ3) is 8.21. The summed E-state index contributed by atoms with van der Waals surface area (Å²) in [6.45, 7) is 1.34. The summed E-state index contributed by atoms with van der Waals surface area (Å²) >= 11 is 0. The zero-order valence-corrected chi connectivity index (χ0v) is 18.9. The van der Waals surface area contributed by atoms with Crippen LogP contribution in [-0.4, -0.2) is 56.9 Å². The quantitative estimate of drug-likeness (QED) is 0.273.